The molecule has 2 fully saturated rings. The average Bonchev–Trinajstić information content (AvgIpc) is 2.85. The molecule has 0 spiro atoms. The molecule has 1 aromatic heterocycles. The number of amides is 1. The van der Waals surface area contributed by atoms with Crippen LogP contribution in [-0.4, -0.2) is 86.3 Å². The van der Waals surface area contributed by atoms with E-state index in [0.29, 0.717) is 17.9 Å². The van der Waals surface area contributed by atoms with Crippen LogP contribution in [0.25, 0.3) is 0 Å². The predicted octanol–water partition coefficient (Wildman–Crippen LogP) is 2.53. The van der Waals surface area contributed by atoms with Crippen LogP contribution < -0.4 is 9.64 Å². The molecule has 0 radical (unpaired) electrons. The van der Waals surface area contributed by atoms with Gasteiger partial charge in [0.05, 0.1) is 18.8 Å². The lowest BCUT2D eigenvalue weighted by molar-refractivity contribution is 0.0321. The number of hydrogen-bond acceptors (Lipinski definition) is 6. The minimum absolute atomic E-state index is 0.00911. The van der Waals surface area contributed by atoms with Crippen LogP contribution in [-0.2, 0) is 4.74 Å². The number of piperidine rings is 1. The Labute approximate surface area is 184 Å². The van der Waals surface area contributed by atoms with Crippen LogP contribution in [0.1, 0.15) is 23.2 Å². The predicted molar refractivity (Wildman–Crippen MR) is 121 cm³/mol. The summed E-state index contributed by atoms with van der Waals surface area (Å²) in [6.07, 6.45) is 3.85. The molecule has 0 unspecified atom stereocenters. The summed E-state index contributed by atoms with van der Waals surface area (Å²) < 4.78 is 11.4. The van der Waals surface area contributed by atoms with Crippen molar-refractivity contribution in [2.75, 3.05) is 64.5 Å². The van der Waals surface area contributed by atoms with Crippen molar-refractivity contribution < 1.29 is 14.3 Å². The van der Waals surface area contributed by atoms with Crippen LogP contribution in [0.4, 0.5) is 5.82 Å². The lowest BCUT2D eigenvalue weighted by Gasteiger charge is -2.38. The number of benzene rings is 1. The first kappa shape index (κ1) is 21.6. The van der Waals surface area contributed by atoms with Gasteiger partial charge in [-0.05, 0) is 37.1 Å². The van der Waals surface area contributed by atoms with Crippen LogP contribution in [0.5, 0.6) is 5.75 Å². The van der Waals surface area contributed by atoms with E-state index in [1.807, 2.05) is 60.6 Å². The fraction of sp³-hybridized carbons (Fsp3) is 0.500. The molecule has 7 nitrogen and oxygen atoms in total. The van der Waals surface area contributed by atoms with Crippen LogP contribution in [0.3, 0.4) is 0 Å². The monoisotopic (exact) mass is 424 g/mol. The number of rotatable bonds is 7. The Morgan fingerprint density at radius 3 is 2.77 bits per heavy atom. The molecule has 0 aliphatic carbocycles. The van der Waals surface area contributed by atoms with Crippen LogP contribution in [0.15, 0.2) is 48.7 Å². The highest BCUT2D eigenvalue weighted by Crippen LogP contribution is 2.24. The number of carbonyl (C=O) groups excluding carboxylic acids is 1. The second kappa shape index (κ2) is 10.6. The van der Waals surface area contributed by atoms with Crippen molar-refractivity contribution in [2.45, 2.75) is 18.9 Å². The van der Waals surface area contributed by atoms with Crippen molar-refractivity contribution >= 4 is 11.7 Å². The summed E-state index contributed by atoms with van der Waals surface area (Å²) in [4.78, 5) is 24.3. The Morgan fingerprint density at radius 2 is 1.97 bits per heavy atom. The van der Waals surface area contributed by atoms with Crippen LogP contribution in [0.2, 0.25) is 0 Å². The first-order valence-electron chi connectivity index (χ1n) is 11.2. The molecule has 7 heteroatoms. The molecular weight excluding hydrogens is 392 g/mol. The molecule has 0 saturated carbocycles. The number of carbonyl (C=O) groups is 1. The van der Waals surface area contributed by atoms with Gasteiger partial charge in [-0.3, -0.25) is 9.69 Å². The zero-order chi connectivity index (χ0) is 21.5. The van der Waals surface area contributed by atoms with Crippen LogP contribution >= 0.6 is 0 Å². The molecule has 1 atom stereocenters. The lowest BCUT2D eigenvalue weighted by atomic mass is 10.0. The summed E-state index contributed by atoms with van der Waals surface area (Å²) in [7, 11) is 1.90. The Morgan fingerprint density at radius 1 is 1.16 bits per heavy atom. The quantitative estimate of drug-likeness (QED) is 0.681. The summed E-state index contributed by atoms with van der Waals surface area (Å²) in [5, 5.41) is 0. The molecule has 0 bridgehead atoms. The highest BCUT2D eigenvalue weighted by Gasteiger charge is 2.28. The van der Waals surface area contributed by atoms with E-state index in [1.165, 1.54) is 0 Å². The van der Waals surface area contributed by atoms with Crippen LogP contribution in [0, 0.1) is 0 Å². The minimum atomic E-state index is 0.00911. The van der Waals surface area contributed by atoms with E-state index >= 15 is 0 Å². The van der Waals surface area contributed by atoms with Crippen molar-refractivity contribution in [2.24, 2.45) is 0 Å². The third kappa shape index (κ3) is 5.54. The summed E-state index contributed by atoms with van der Waals surface area (Å²) in [5.74, 6) is 1.64. The van der Waals surface area contributed by atoms with Gasteiger partial charge in [0.2, 0.25) is 0 Å². The molecule has 1 amide bonds. The van der Waals surface area contributed by atoms with Crippen molar-refractivity contribution in [3.63, 3.8) is 0 Å². The van der Waals surface area contributed by atoms with E-state index in [-0.39, 0.29) is 11.9 Å². The molecule has 2 aromatic rings. The highest BCUT2D eigenvalue weighted by molar-refractivity contribution is 5.97. The maximum atomic E-state index is 13.4. The van der Waals surface area contributed by atoms with Gasteiger partial charge in [0.25, 0.3) is 5.91 Å². The van der Waals surface area contributed by atoms with Gasteiger partial charge < -0.3 is 19.3 Å². The zero-order valence-corrected chi connectivity index (χ0v) is 18.3. The minimum Gasteiger partial charge on any atom is -0.491 e. The molecule has 2 saturated heterocycles. The zero-order valence-electron chi connectivity index (χ0n) is 18.3. The molecule has 2 aliphatic heterocycles. The van der Waals surface area contributed by atoms with Gasteiger partial charge in [0, 0.05) is 52.0 Å². The summed E-state index contributed by atoms with van der Waals surface area (Å²) >= 11 is 0. The van der Waals surface area contributed by atoms with Gasteiger partial charge >= 0.3 is 0 Å². The normalized spacial score (nSPS) is 19.8. The average molecular weight is 425 g/mol. The van der Waals surface area contributed by atoms with E-state index in [1.54, 1.807) is 0 Å². The van der Waals surface area contributed by atoms with Gasteiger partial charge in [-0.25, -0.2) is 4.98 Å². The number of anilines is 1. The number of hydrogen-bond donors (Lipinski definition) is 0. The third-order valence-corrected chi connectivity index (χ3v) is 6.12. The van der Waals surface area contributed by atoms with E-state index in [4.69, 9.17) is 9.47 Å². The standard InChI is InChI=1S/C24H32N4O3/c1-26(20-7-6-12-28(19-20)23-10-4-5-11-25-23)24(29)21-8-2-3-9-22(21)31-18-15-27-13-16-30-17-14-27/h2-5,8-11,20H,6-7,12-19H2,1H3/t20-/m1/s1. The van der Waals surface area contributed by atoms with Crippen molar-refractivity contribution in [1.29, 1.82) is 0 Å². The number of aromatic nitrogens is 1. The number of pyridine rings is 1. The number of nitrogens with zero attached hydrogens (tertiary/aromatic N) is 4. The molecule has 31 heavy (non-hydrogen) atoms. The van der Waals surface area contributed by atoms with Gasteiger partial charge in [-0.2, -0.15) is 0 Å². The van der Waals surface area contributed by atoms with Gasteiger partial charge in [0.15, 0.2) is 0 Å². The SMILES string of the molecule is CN(C(=O)c1ccccc1OCCN1CCOCC1)[C@@H]1CCCN(c2ccccn2)C1. The molecule has 3 heterocycles. The molecule has 4 rings (SSSR count). The largest absolute Gasteiger partial charge is 0.491 e. The first-order valence-corrected chi connectivity index (χ1v) is 11.2. The number of para-hydroxylation sites is 1. The fourth-order valence-corrected chi connectivity index (χ4v) is 4.25. The number of likely N-dealkylation sites (N-methyl/N-ethyl adjacent to an activating group) is 1. The Balaban J connectivity index is 1.38. The van der Waals surface area contributed by atoms with E-state index in [9.17, 15) is 4.79 Å². The van der Waals surface area contributed by atoms with Gasteiger partial charge in [-0.15, -0.1) is 0 Å². The molecular formula is C24H32N4O3. The lowest BCUT2D eigenvalue weighted by Crippen LogP contribution is -2.49. The van der Waals surface area contributed by atoms with E-state index < -0.39 is 0 Å². The maximum absolute atomic E-state index is 13.4. The smallest absolute Gasteiger partial charge is 0.257 e. The molecule has 2 aliphatic rings. The van der Waals surface area contributed by atoms with Crippen molar-refractivity contribution in [1.82, 2.24) is 14.8 Å². The van der Waals surface area contributed by atoms with Gasteiger partial charge in [-0.1, -0.05) is 18.2 Å². The second-order valence-corrected chi connectivity index (χ2v) is 8.14. The van der Waals surface area contributed by atoms with Crippen molar-refractivity contribution in [3.05, 3.63) is 54.2 Å². The molecule has 0 N–H and O–H groups in total. The van der Waals surface area contributed by atoms with Gasteiger partial charge in [0.1, 0.15) is 18.2 Å². The molecule has 166 valence electrons. The highest BCUT2D eigenvalue weighted by atomic mass is 16.5. The number of morpholine rings is 1. The summed E-state index contributed by atoms with van der Waals surface area (Å²) in [6, 6.07) is 13.7. The Kier molecular flexibility index (Phi) is 7.38. The Bertz CT molecular complexity index is 842. The number of ether oxygens (including phenoxy) is 2. The maximum Gasteiger partial charge on any atom is 0.257 e. The topological polar surface area (TPSA) is 58.1 Å². The third-order valence-electron chi connectivity index (χ3n) is 6.12. The van der Waals surface area contributed by atoms with E-state index in [2.05, 4.69) is 14.8 Å². The Hall–Kier alpha value is -2.64. The second-order valence-electron chi connectivity index (χ2n) is 8.14. The van der Waals surface area contributed by atoms with E-state index in [0.717, 1.165) is 64.6 Å². The van der Waals surface area contributed by atoms with Crippen molar-refractivity contribution in [3.8, 4) is 5.75 Å². The summed E-state index contributed by atoms with van der Waals surface area (Å²) in [5.41, 5.74) is 0.627. The molecule has 1 aromatic carbocycles. The fourth-order valence-electron chi connectivity index (χ4n) is 4.25. The first-order chi connectivity index (χ1) is 15.2. The summed E-state index contributed by atoms with van der Waals surface area (Å²) in [6.45, 7) is 6.57.